The topological polar surface area (TPSA) is 64.5 Å². The first-order chi connectivity index (χ1) is 10.8. The van der Waals surface area contributed by atoms with Gasteiger partial charge in [-0.05, 0) is 50.9 Å². The fraction of sp³-hybridized carbons (Fsp3) is 0.412. The maximum atomic E-state index is 9.75. The van der Waals surface area contributed by atoms with E-state index in [4.69, 9.17) is 9.31 Å². The zero-order valence-corrected chi connectivity index (χ0v) is 13.9. The molecule has 2 aromatic rings. The van der Waals surface area contributed by atoms with Crippen LogP contribution < -0.4 is 0 Å². The third-order valence-electron chi connectivity index (χ3n) is 4.58. The summed E-state index contributed by atoms with van der Waals surface area (Å²) in [5.41, 5.74) is 2.41. The lowest BCUT2D eigenvalue weighted by Crippen LogP contribution is -2.41. The van der Waals surface area contributed by atoms with E-state index in [-0.39, 0.29) is 6.61 Å². The zero-order valence-electron chi connectivity index (χ0n) is 13.9. The first-order valence-electron chi connectivity index (χ1n) is 7.70. The van der Waals surface area contributed by atoms with Crippen molar-refractivity contribution >= 4 is 24.2 Å². The van der Waals surface area contributed by atoms with Gasteiger partial charge >= 0.3 is 7.12 Å². The number of nitrogens with zero attached hydrogens (tertiary/aromatic N) is 2. The Balaban J connectivity index is 1.92. The number of aromatic nitrogens is 2. The third-order valence-corrected chi connectivity index (χ3v) is 4.58. The lowest BCUT2D eigenvalue weighted by atomic mass is 9.77. The van der Waals surface area contributed by atoms with E-state index in [9.17, 15) is 5.11 Å². The van der Waals surface area contributed by atoms with Crippen LogP contribution in [0.15, 0.2) is 36.1 Å². The zero-order chi connectivity index (χ0) is 16.7. The van der Waals surface area contributed by atoms with Gasteiger partial charge in [0.2, 0.25) is 0 Å². The quantitative estimate of drug-likeness (QED) is 0.883. The van der Waals surface area contributed by atoms with Crippen molar-refractivity contribution in [2.24, 2.45) is 0 Å². The molecule has 1 aromatic carbocycles. The third kappa shape index (κ3) is 3.02. The van der Waals surface area contributed by atoms with Crippen molar-refractivity contribution < 1.29 is 14.4 Å². The maximum absolute atomic E-state index is 9.75. The number of rotatable bonds is 3. The van der Waals surface area contributed by atoms with Gasteiger partial charge in [-0.1, -0.05) is 12.1 Å². The molecule has 1 fully saturated rings. The van der Waals surface area contributed by atoms with Gasteiger partial charge in [0.1, 0.15) is 0 Å². The highest BCUT2D eigenvalue weighted by Gasteiger charge is 2.52. The van der Waals surface area contributed by atoms with Crippen molar-refractivity contribution in [1.82, 2.24) is 9.97 Å². The Kier molecular flexibility index (Phi) is 4.00. The second kappa shape index (κ2) is 5.71. The highest BCUT2D eigenvalue weighted by atomic mass is 16.7. The van der Waals surface area contributed by atoms with Gasteiger partial charge in [0.05, 0.1) is 28.8 Å². The Morgan fingerprint density at radius 1 is 1.09 bits per heavy atom. The lowest BCUT2D eigenvalue weighted by molar-refractivity contribution is 0.00578. The van der Waals surface area contributed by atoms with E-state index in [2.05, 4.69) is 9.97 Å². The van der Waals surface area contributed by atoms with Crippen LogP contribution in [0.1, 0.15) is 33.3 Å². The Hall–Kier alpha value is -1.76. The van der Waals surface area contributed by atoms with Crippen LogP contribution in [0.4, 0.5) is 0 Å². The normalized spacial score (nSPS) is 20.2. The van der Waals surface area contributed by atoms with Crippen LogP contribution in [0.3, 0.4) is 0 Å². The molecule has 23 heavy (non-hydrogen) atoms. The average molecular weight is 312 g/mol. The monoisotopic (exact) mass is 312 g/mol. The highest BCUT2D eigenvalue weighted by Crippen LogP contribution is 2.38. The molecule has 5 nitrogen and oxygen atoms in total. The predicted octanol–water partition coefficient (Wildman–Crippen LogP) is 2.64. The molecule has 1 aliphatic heterocycles. The molecule has 6 heteroatoms. The van der Waals surface area contributed by atoms with E-state index in [1.54, 1.807) is 12.4 Å². The molecule has 0 amide bonds. The fourth-order valence-electron chi connectivity index (χ4n) is 2.47. The van der Waals surface area contributed by atoms with Gasteiger partial charge in [0.25, 0.3) is 0 Å². The van der Waals surface area contributed by atoms with Crippen molar-refractivity contribution in [2.75, 3.05) is 6.61 Å². The molecule has 0 atom stereocenters. The van der Waals surface area contributed by atoms with Crippen molar-refractivity contribution in [2.45, 2.75) is 38.9 Å². The minimum absolute atomic E-state index is 0.130. The van der Waals surface area contributed by atoms with Gasteiger partial charge in [-0.15, -0.1) is 0 Å². The molecule has 0 unspecified atom stereocenters. The number of benzene rings is 1. The summed E-state index contributed by atoms with van der Waals surface area (Å²) in [5.74, 6) is 0. The van der Waals surface area contributed by atoms with Crippen LogP contribution in [0.2, 0.25) is 0 Å². The Labute approximate surface area is 136 Å². The van der Waals surface area contributed by atoms with E-state index in [0.29, 0.717) is 5.47 Å². The Morgan fingerprint density at radius 2 is 1.70 bits per heavy atom. The standard InChI is InChI=1S/C17H21BN2O3/c1-16(2)17(3,4)23-18(22-16)13(11-21)9-12-5-6-14-15(10-12)20-8-7-19-14/h5-10,21H,11H2,1-4H3. The summed E-state index contributed by atoms with van der Waals surface area (Å²) in [6.45, 7) is 7.85. The van der Waals surface area contributed by atoms with Crippen LogP contribution in [0, 0.1) is 0 Å². The SMILES string of the molecule is CC1(C)OB(C(=Cc2ccc3nccnc3c2)CO)OC1(C)C. The molecule has 1 aromatic heterocycles. The van der Waals surface area contributed by atoms with Gasteiger partial charge in [0, 0.05) is 12.4 Å². The molecule has 1 aliphatic rings. The van der Waals surface area contributed by atoms with E-state index in [1.807, 2.05) is 52.0 Å². The van der Waals surface area contributed by atoms with Gasteiger partial charge < -0.3 is 14.4 Å². The lowest BCUT2D eigenvalue weighted by Gasteiger charge is -2.32. The maximum Gasteiger partial charge on any atom is 0.492 e. The second-order valence-electron chi connectivity index (χ2n) is 6.77. The van der Waals surface area contributed by atoms with Crippen molar-refractivity contribution in [3.63, 3.8) is 0 Å². The predicted molar refractivity (Wildman–Crippen MR) is 90.7 cm³/mol. The number of aliphatic hydroxyl groups is 1. The average Bonchev–Trinajstić information content (AvgIpc) is 2.72. The van der Waals surface area contributed by atoms with Crippen molar-refractivity contribution in [3.05, 3.63) is 41.6 Å². The van der Waals surface area contributed by atoms with E-state index in [1.165, 1.54) is 0 Å². The molecule has 2 heterocycles. The summed E-state index contributed by atoms with van der Waals surface area (Å²) in [6, 6.07) is 5.79. The van der Waals surface area contributed by atoms with Crippen LogP contribution in [-0.2, 0) is 9.31 Å². The summed E-state index contributed by atoms with van der Waals surface area (Å²) >= 11 is 0. The molecular formula is C17H21BN2O3. The van der Waals surface area contributed by atoms with E-state index in [0.717, 1.165) is 16.6 Å². The van der Waals surface area contributed by atoms with Crippen LogP contribution >= 0.6 is 0 Å². The fourth-order valence-corrected chi connectivity index (χ4v) is 2.47. The van der Waals surface area contributed by atoms with Crippen LogP contribution in [-0.4, -0.2) is 40.0 Å². The molecule has 0 aliphatic carbocycles. The second-order valence-corrected chi connectivity index (χ2v) is 6.77. The minimum Gasteiger partial charge on any atom is -0.400 e. The van der Waals surface area contributed by atoms with E-state index < -0.39 is 18.3 Å². The first kappa shape index (κ1) is 16.1. The Morgan fingerprint density at radius 3 is 2.30 bits per heavy atom. The summed E-state index contributed by atoms with van der Waals surface area (Å²) in [5, 5.41) is 9.75. The summed E-state index contributed by atoms with van der Waals surface area (Å²) < 4.78 is 12.0. The van der Waals surface area contributed by atoms with Gasteiger partial charge in [-0.2, -0.15) is 0 Å². The molecule has 120 valence electrons. The van der Waals surface area contributed by atoms with Gasteiger partial charge in [-0.3, -0.25) is 9.97 Å². The molecule has 0 bridgehead atoms. The molecule has 0 saturated carbocycles. The number of aliphatic hydroxyl groups excluding tert-OH is 1. The van der Waals surface area contributed by atoms with Gasteiger partial charge in [-0.25, -0.2) is 0 Å². The van der Waals surface area contributed by atoms with E-state index >= 15 is 0 Å². The molecule has 0 spiro atoms. The van der Waals surface area contributed by atoms with Gasteiger partial charge in [0.15, 0.2) is 0 Å². The molecule has 0 radical (unpaired) electrons. The molecule has 3 rings (SSSR count). The highest BCUT2D eigenvalue weighted by molar-refractivity contribution is 6.55. The Bertz CT molecular complexity index is 742. The molecule has 1 saturated heterocycles. The van der Waals surface area contributed by atoms with Crippen LogP contribution in [0.25, 0.3) is 17.1 Å². The largest absolute Gasteiger partial charge is 0.492 e. The van der Waals surface area contributed by atoms with Crippen molar-refractivity contribution in [3.8, 4) is 0 Å². The molecule has 1 N–H and O–H groups in total. The number of fused-ring (bicyclic) bond motifs is 1. The summed E-state index contributed by atoms with van der Waals surface area (Å²) in [4.78, 5) is 8.56. The molecular weight excluding hydrogens is 291 g/mol. The number of hydrogen-bond donors (Lipinski definition) is 1. The summed E-state index contributed by atoms with van der Waals surface area (Å²) in [6.07, 6.45) is 5.22. The smallest absolute Gasteiger partial charge is 0.400 e. The minimum atomic E-state index is -0.553. The first-order valence-corrected chi connectivity index (χ1v) is 7.70. The number of hydrogen-bond acceptors (Lipinski definition) is 5. The van der Waals surface area contributed by atoms with Crippen LogP contribution in [0.5, 0.6) is 0 Å². The summed E-state index contributed by atoms with van der Waals surface area (Å²) in [7, 11) is -0.553. The van der Waals surface area contributed by atoms with Crippen molar-refractivity contribution in [1.29, 1.82) is 0 Å².